The molecule has 0 heterocycles. The normalized spacial score (nSPS) is 19.3. The van der Waals surface area contributed by atoms with Crippen molar-refractivity contribution in [2.45, 2.75) is 51.6 Å². The van der Waals surface area contributed by atoms with Crippen LogP contribution in [-0.2, 0) is 11.2 Å². The van der Waals surface area contributed by atoms with E-state index in [-0.39, 0.29) is 30.4 Å². The second-order valence-electron chi connectivity index (χ2n) is 7.05. The first kappa shape index (κ1) is 21.5. The second-order valence-corrected chi connectivity index (χ2v) is 7.05. The monoisotopic (exact) mass is 386 g/mol. The van der Waals surface area contributed by atoms with Crippen LogP contribution in [-0.4, -0.2) is 29.9 Å². The minimum atomic E-state index is -0.0609. The van der Waals surface area contributed by atoms with Crippen molar-refractivity contribution >= 4 is 18.3 Å². The lowest BCUT2D eigenvalue weighted by Gasteiger charge is -2.30. The summed E-state index contributed by atoms with van der Waals surface area (Å²) >= 11 is 0. The highest BCUT2D eigenvalue weighted by atomic mass is 35.5. The van der Waals surface area contributed by atoms with Crippen LogP contribution in [0.1, 0.15) is 55.8 Å². The quantitative estimate of drug-likeness (QED) is 0.746. The third-order valence-electron chi connectivity index (χ3n) is 5.70. The van der Waals surface area contributed by atoms with Crippen LogP contribution in [0.25, 0.3) is 0 Å². The number of rotatable bonds is 7. The van der Waals surface area contributed by atoms with Gasteiger partial charge < -0.3 is 5.32 Å². The molecule has 3 atom stereocenters. The summed E-state index contributed by atoms with van der Waals surface area (Å²) < 4.78 is 0. The Balaban J connectivity index is 0.00000261. The molecule has 1 N–H and O–H groups in total. The maximum atomic E-state index is 13.1. The maximum absolute atomic E-state index is 13.1. The molecule has 4 heteroatoms. The molecular formula is C23H31ClN2O. The molecule has 1 aliphatic carbocycles. The summed E-state index contributed by atoms with van der Waals surface area (Å²) in [5.41, 5.74) is 3.91. The molecule has 0 spiro atoms. The van der Waals surface area contributed by atoms with Gasteiger partial charge in [0.2, 0.25) is 5.91 Å². The number of carbonyl (C=O) groups is 1. The van der Waals surface area contributed by atoms with Gasteiger partial charge in [-0.15, -0.1) is 12.4 Å². The van der Waals surface area contributed by atoms with E-state index in [1.165, 1.54) is 16.7 Å². The number of carbonyl (C=O) groups excluding carboxylic acids is 1. The van der Waals surface area contributed by atoms with Gasteiger partial charge in [0.05, 0.1) is 12.1 Å². The number of amides is 1. The zero-order valence-corrected chi connectivity index (χ0v) is 17.3. The molecule has 2 aromatic carbocycles. The molecule has 0 saturated heterocycles. The second kappa shape index (κ2) is 9.91. The Labute approximate surface area is 169 Å². The Hall–Kier alpha value is -1.84. The highest BCUT2D eigenvalue weighted by Gasteiger charge is 2.36. The van der Waals surface area contributed by atoms with E-state index in [1.807, 2.05) is 6.07 Å². The van der Waals surface area contributed by atoms with Gasteiger partial charge in [0.25, 0.3) is 0 Å². The van der Waals surface area contributed by atoms with Gasteiger partial charge in [0, 0.05) is 5.92 Å². The summed E-state index contributed by atoms with van der Waals surface area (Å²) in [4.78, 5) is 15.4. The fraction of sp³-hybridized carbons (Fsp3) is 0.435. The molecule has 0 fully saturated rings. The lowest BCUT2D eigenvalue weighted by molar-refractivity contribution is -0.127. The molecule has 1 aliphatic rings. The summed E-state index contributed by atoms with van der Waals surface area (Å²) in [6.07, 6.45) is 1.81. The number of likely N-dealkylation sites (N-methyl/N-ethyl adjacent to an activating group) is 1. The first-order chi connectivity index (χ1) is 12.7. The molecule has 2 aromatic rings. The Morgan fingerprint density at radius 3 is 2.30 bits per heavy atom. The van der Waals surface area contributed by atoms with Gasteiger partial charge in [-0.1, -0.05) is 75.4 Å². The van der Waals surface area contributed by atoms with E-state index in [9.17, 15) is 4.79 Å². The molecule has 0 bridgehead atoms. The topological polar surface area (TPSA) is 32.3 Å². The molecule has 27 heavy (non-hydrogen) atoms. The number of hydrogen-bond donors (Lipinski definition) is 1. The maximum Gasteiger partial charge on any atom is 0.237 e. The highest BCUT2D eigenvalue weighted by molar-refractivity contribution is 5.85. The highest BCUT2D eigenvalue weighted by Crippen LogP contribution is 2.42. The van der Waals surface area contributed by atoms with Gasteiger partial charge in [0.15, 0.2) is 0 Å². The van der Waals surface area contributed by atoms with Crippen LogP contribution in [0.5, 0.6) is 0 Å². The van der Waals surface area contributed by atoms with Crippen LogP contribution in [0.15, 0.2) is 54.6 Å². The lowest BCUT2D eigenvalue weighted by Crippen LogP contribution is -2.47. The number of halogens is 1. The summed E-state index contributed by atoms with van der Waals surface area (Å²) in [5.74, 6) is 0.450. The van der Waals surface area contributed by atoms with Crippen molar-refractivity contribution in [3.05, 3.63) is 71.3 Å². The molecule has 0 aromatic heterocycles. The van der Waals surface area contributed by atoms with Crippen molar-refractivity contribution in [3.63, 3.8) is 0 Å². The van der Waals surface area contributed by atoms with E-state index in [1.54, 1.807) is 0 Å². The predicted molar refractivity (Wildman–Crippen MR) is 114 cm³/mol. The van der Waals surface area contributed by atoms with Crippen molar-refractivity contribution in [2.24, 2.45) is 0 Å². The van der Waals surface area contributed by atoms with Crippen LogP contribution in [0.3, 0.4) is 0 Å². The van der Waals surface area contributed by atoms with Crippen molar-refractivity contribution < 1.29 is 4.79 Å². The Morgan fingerprint density at radius 2 is 1.67 bits per heavy atom. The first-order valence-electron chi connectivity index (χ1n) is 9.86. The molecule has 0 radical (unpaired) electrons. The van der Waals surface area contributed by atoms with E-state index in [0.717, 1.165) is 25.9 Å². The largest absolute Gasteiger partial charge is 0.347 e. The molecule has 3 rings (SSSR count). The number of nitrogens with zero attached hydrogens (tertiary/aromatic N) is 1. The smallest absolute Gasteiger partial charge is 0.237 e. The molecule has 3 nitrogen and oxygen atoms in total. The number of fused-ring (bicyclic) bond motifs is 1. The fourth-order valence-corrected chi connectivity index (χ4v) is 4.31. The van der Waals surface area contributed by atoms with Crippen molar-refractivity contribution in [2.75, 3.05) is 13.1 Å². The average molecular weight is 387 g/mol. The van der Waals surface area contributed by atoms with E-state index >= 15 is 0 Å². The van der Waals surface area contributed by atoms with Crippen LogP contribution in [0.2, 0.25) is 0 Å². The van der Waals surface area contributed by atoms with E-state index < -0.39 is 0 Å². The Morgan fingerprint density at radius 1 is 1.04 bits per heavy atom. The van der Waals surface area contributed by atoms with Gasteiger partial charge in [-0.25, -0.2) is 0 Å². The van der Waals surface area contributed by atoms with Gasteiger partial charge >= 0.3 is 0 Å². The SMILES string of the molecule is CCC(C(=O)NC1c2ccccc2CC1c1ccccc1)N(CC)CC.Cl. The minimum absolute atomic E-state index is 0. The molecule has 1 amide bonds. The summed E-state index contributed by atoms with van der Waals surface area (Å²) in [5, 5.41) is 3.40. The summed E-state index contributed by atoms with van der Waals surface area (Å²) in [7, 11) is 0. The molecule has 3 unspecified atom stereocenters. The first-order valence-corrected chi connectivity index (χ1v) is 9.86. The van der Waals surface area contributed by atoms with Gasteiger partial charge in [-0.05, 0) is 42.6 Å². The summed E-state index contributed by atoms with van der Waals surface area (Å²) in [6, 6.07) is 19.1. The zero-order valence-electron chi connectivity index (χ0n) is 16.5. The number of hydrogen-bond acceptors (Lipinski definition) is 2. The average Bonchev–Trinajstić information content (AvgIpc) is 3.05. The Bertz CT molecular complexity index is 730. The fourth-order valence-electron chi connectivity index (χ4n) is 4.31. The third-order valence-corrected chi connectivity index (χ3v) is 5.70. The van der Waals surface area contributed by atoms with E-state index in [0.29, 0.717) is 5.92 Å². The van der Waals surface area contributed by atoms with Gasteiger partial charge in [-0.2, -0.15) is 0 Å². The molecule has 146 valence electrons. The molecular weight excluding hydrogens is 356 g/mol. The van der Waals surface area contributed by atoms with E-state index in [2.05, 4.69) is 79.5 Å². The zero-order chi connectivity index (χ0) is 18.5. The van der Waals surface area contributed by atoms with Crippen LogP contribution < -0.4 is 5.32 Å². The Kier molecular flexibility index (Phi) is 7.88. The predicted octanol–water partition coefficient (Wildman–Crippen LogP) is 4.73. The van der Waals surface area contributed by atoms with Crippen LogP contribution >= 0.6 is 12.4 Å². The number of benzene rings is 2. The standard InChI is InChI=1S/C23H30N2O.ClH/c1-4-21(25(5-2)6-3)23(26)24-22-19-15-11-10-14-18(19)16-20(22)17-12-8-7-9-13-17;/h7-15,20-22H,4-6,16H2,1-3H3,(H,24,26);1H. The lowest BCUT2D eigenvalue weighted by atomic mass is 9.92. The van der Waals surface area contributed by atoms with Gasteiger partial charge in [-0.3, -0.25) is 9.69 Å². The summed E-state index contributed by atoms with van der Waals surface area (Å²) in [6.45, 7) is 8.13. The minimum Gasteiger partial charge on any atom is -0.347 e. The van der Waals surface area contributed by atoms with Crippen molar-refractivity contribution in [1.82, 2.24) is 10.2 Å². The molecule has 0 saturated carbocycles. The number of nitrogens with one attached hydrogen (secondary N) is 1. The van der Waals surface area contributed by atoms with Crippen LogP contribution in [0, 0.1) is 0 Å². The molecule has 0 aliphatic heterocycles. The van der Waals surface area contributed by atoms with Crippen molar-refractivity contribution in [1.29, 1.82) is 0 Å². The van der Waals surface area contributed by atoms with Gasteiger partial charge in [0.1, 0.15) is 0 Å². The van der Waals surface area contributed by atoms with Crippen LogP contribution in [0.4, 0.5) is 0 Å². The van der Waals surface area contributed by atoms with E-state index in [4.69, 9.17) is 0 Å². The van der Waals surface area contributed by atoms with Crippen molar-refractivity contribution in [3.8, 4) is 0 Å². The third kappa shape index (κ3) is 4.53.